The number of hydrogen-bond acceptors (Lipinski definition) is 6. The van der Waals surface area contributed by atoms with Crippen LogP contribution in [0, 0.1) is 0 Å². The summed E-state index contributed by atoms with van der Waals surface area (Å²) in [5, 5.41) is 6.21. The van der Waals surface area contributed by atoms with Crippen molar-refractivity contribution in [2.24, 2.45) is 5.84 Å². The van der Waals surface area contributed by atoms with Crippen LogP contribution in [0.25, 0.3) is 0 Å². The predicted molar refractivity (Wildman–Crippen MR) is 65.7 cm³/mol. The minimum absolute atomic E-state index is 0.210. The molecule has 2 aromatic rings. The van der Waals surface area contributed by atoms with Gasteiger partial charge in [0.25, 0.3) is 0 Å². The van der Waals surface area contributed by atoms with Crippen molar-refractivity contribution in [3.63, 3.8) is 0 Å². The Labute approximate surface area is 103 Å². The Morgan fingerprint density at radius 1 is 1.65 bits per heavy atom. The van der Waals surface area contributed by atoms with Crippen molar-refractivity contribution >= 4 is 11.3 Å². The second-order valence-electron chi connectivity index (χ2n) is 3.43. The Balaban J connectivity index is 2.46. The number of hydrogen-bond donors (Lipinski definition) is 2. The monoisotopic (exact) mass is 253 g/mol. The van der Waals surface area contributed by atoms with E-state index < -0.39 is 0 Å². The number of nitrogens with zero attached hydrogens (tertiary/aromatic N) is 3. The van der Waals surface area contributed by atoms with Crippen molar-refractivity contribution in [1.29, 1.82) is 0 Å². The van der Waals surface area contributed by atoms with Crippen LogP contribution in [0.1, 0.15) is 24.4 Å². The molecule has 17 heavy (non-hydrogen) atoms. The van der Waals surface area contributed by atoms with Crippen LogP contribution in [-0.2, 0) is 6.54 Å². The van der Waals surface area contributed by atoms with Crippen LogP contribution in [0.2, 0.25) is 0 Å². The third-order valence-corrected chi connectivity index (χ3v) is 3.16. The van der Waals surface area contributed by atoms with Crippen LogP contribution < -0.4 is 16.0 Å². The first-order valence-electron chi connectivity index (χ1n) is 5.25. The number of nitrogens with two attached hydrogens (primary N) is 1. The molecule has 3 N–H and O–H groups in total. The average Bonchev–Trinajstić information content (AvgIpc) is 2.99. The Morgan fingerprint density at radius 3 is 3.00 bits per heavy atom. The van der Waals surface area contributed by atoms with Gasteiger partial charge in [-0.3, -0.25) is 10.5 Å². The number of hydrazine groups is 1. The highest BCUT2D eigenvalue weighted by molar-refractivity contribution is 7.07. The fourth-order valence-corrected chi connectivity index (χ4v) is 2.33. The normalized spacial score (nSPS) is 12.6. The van der Waals surface area contributed by atoms with Gasteiger partial charge in [0.05, 0.1) is 24.5 Å². The molecule has 0 fully saturated rings. The number of methoxy groups -OCH3 is 1. The van der Waals surface area contributed by atoms with E-state index in [0.717, 1.165) is 17.9 Å². The maximum Gasteiger partial charge on any atom is 0.162 e. The van der Waals surface area contributed by atoms with Crippen LogP contribution in [-0.4, -0.2) is 21.9 Å². The lowest BCUT2D eigenvalue weighted by atomic mass is 10.1. The largest absolute Gasteiger partial charge is 0.493 e. The summed E-state index contributed by atoms with van der Waals surface area (Å²) in [5.41, 5.74) is 6.29. The second kappa shape index (κ2) is 5.26. The lowest BCUT2D eigenvalue weighted by Gasteiger charge is -2.16. The first-order chi connectivity index (χ1) is 8.31. The smallest absolute Gasteiger partial charge is 0.162 e. The fraction of sp³-hybridized carbons (Fsp3) is 0.400. The summed E-state index contributed by atoms with van der Waals surface area (Å²) in [5.74, 6) is 6.33. The summed E-state index contributed by atoms with van der Waals surface area (Å²) in [4.78, 5) is 4.27. The predicted octanol–water partition coefficient (Wildman–Crippen LogP) is 0.921. The molecular formula is C10H15N5OS. The van der Waals surface area contributed by atoms with E-state index in [-0.39, 0.29) is 6.04 Å². The molecule has 92 valence electrons. The van der Waals surface area contributed by atoms with Crippen molar-refractivity contribution < 1.29 is 4.74 Å². The van der Waals surface area contributed by atoms with E-state index in [1.54, 1.807) is 18.8 Å². The molecular weight excluding hydrogens is 238 g/mol. The number of rotatable bonds is 5. The Bertz CT molecular complexity index is 446. The summed E-state index contributed by atoms with van der Waals surface area (Å²) < 4.78 is 7.16. The molecule has 6 nitrogen and oxygen atoms in total. The SMILES string of the molecule is CCn1ncc(OC)c1C(NN)c1cscn1. The molecule has 2 heterocycles. The van der Waals surface area contributed by atoms with E-state index in [9.17, 15) is 0 Å². The molecule has 1 unspecified atom stereocenters. The van der Waals surface area contributed by atoms with E-state index >= 15 is 0 Å². The Morgan fingerprint density at radius 2 is 2.47 bits per heavy atom. The second-order valence-corrected chi connectivity index (χ2v) is 4.15. The fourth-order valence-electron chi connectivity index (χ4n) is 1.75. The highest BCUT2D eigenvalue weighted by atomic mass is 32.1. The van der Waals surface area contributed by atoms with Gasteiger partial charge in [-0.2, -0.15) is 5.10 Å². The summed E-state index contributed by atoms with van der Waals surface area (Å²) in [6.07, 6.45) is 1.69. The highest BCUT2D eigenvalue weighted by Crippen LogP contribution is 2.29. The lowest BCUT2D eigenvalue weighted by Crippen LogP contribution is -2.31. The molecule has 0 spiro atoms. The highest BCUT2D eigenvalue weighted by Gasteiger charge is 2.23. The summed E-state index contributed by atoms with van der Waals surface area (Å²) in [7, 11) is 1.62. The number of aromatic nitrogens is 3. The van der Waals surface area contributed by atoms with Crippen LogP contribution in [0.3, 0.4) is 0 Å². The topological polar surface area (TPSA) is 78.0 Å². The molecule has 0 radical (unpaired) electrons. The first-order valence-corrected chi connectivity index (χ1v) is 6.20. The minimum atomic E-state index is -0.210. The van der Waals surface area contributed by atoms with E-state index in [4.69, 9.17) is 10.6 Å². The molecule has 0 aliphatic carbocycles. The molecule has 0 aliphatic heterocycles. The van der Waals surface area contributed by atoms with Gasteiger partial charge in [0, 0.05) is 11.9 Å². The summed E-state index contributed by atoms with van der Waals surface area (Å²) in [6.45, 7) is 2.77. The van der Waals surface area contributed by atoms with E-state index in [1.807, 2.05) is 17.0 Å². The van der Waals surface area contributed by atoms with Crippen LogP contribution in [0.4, 0.5) is 0 Å². The molecule has 0 amide bonds. The van der Waals surface area contributed by atoms with Crippen LogP contribution in [0.15, 0.2) is 17.1 Å². The Hall–Kier alpha value is -1.44. The van der Waals surface area contributed by atoms with Crippen molar-refractivity contribution in [1.82, 2.24) is 20.2 Å². The minimum Gasteiger partial charge on any atom is -0.493 e. The zero-order valence-electron chi connectivity index (χ0n) is 9.75. The molecule has 2 aromatic heterocycles. The molecule has 0 aromatic carbocycles. The van der Waals surface area contributed by atoms with Crippen molar-refractivity contribution in [2.45, 2.75) is 19.5 Å². The van der Waals surface area contributed by atoms with Gasteiger partial charge in [-0.1, -0.05) is 0 Å². The van der Waals surface area contributed by atoms with Crippen LogP contribution in [0.5, 0.6) is 5.75 Å². The summed E-state index contributed by atoms with van der Waals surface area (Å²) >= 11 is 1.53. The van der Waals surface area contributed by atoms with Gasteiger partial charge in [0.15, 0.2) is 5.75 Å². The summed E-state index contributed by atoms with van der Waals surface area (Å²) in [6, 6.07) is -0.210. The molecule has 1 atom stereocenters. The van der Waals surface area contributed by atoms with E-state index in [1.165, 1.54) is 11.3 Å². The zero-order chi connectivity index (χ0) is 12.3. The van der Waals surface area contributed by atoms with Crippen molar-refractivity contribution in [3.8, 4) is 5.75 Å². The van der Waals surface area contributed by atoms with E-state index in [2.05, 4.69) is 15.5 Å². The standard InChI is InChI=1S/C10H15N5OS/c1-3-15-10(8(16-2)4-13-15)9(14-11)7-5-17-6-12-7/h4-6,9,14H,3,11H2,1-2H3. The Kier molecular flexibility index (Phi) is 3.72. The number of aryl methyl sites for hydroxylation is 1. The van der Waals surface area contributed by atoms with Gasteiger partial charge in [-0.05, 0) is 6.92 Å². The first kappa shape index (κ1) is 12.0. The van der Waals surface area contributed by atoms with E-state index in [0.29, 0.717) is 5.75 Å². The van der Waals surface area contributed by atoms with Gasteiger partial charge in [0.2, 0.25) is 0 Å². The molecule has 0 bridgehead atoms. The maximum atomic E-state index is 5.62. The molecule has 7 heteroatoms. The van der Waals surface area contributed by atoms with Crippen molar-refractivity contribution in [3.05, 3.63) is 28.5 Å². The number of ether oxygens (including phenoxy) is 1. The van der Waals surface area contributed by atoms with Gasteiger partial charge < -0.3 is 4.74 Å². The molecule has 0 saturated carbocycles. The van der Waals surface area contributed by atoms with Gasteiger partial charge >= 0.3 is 0 Å². The van der Waals surface area contributed by atoms with Gasteiger partial charge in [-0.25, -0.2) is 10.4 Å². The molecule has 2 rings (SSSR count). The van der Waals surface area contributed by atoms with Crippen LogP contribution >= 0.6 is 11.3 Å². The third-order valence-electron chi connectivity index (χ3n) is 2.55. The van der Waals surface area contributed by atoms with Gasteiger partial charge in [-0.15, -0.1) is 11.3 Å². The molecule has 0 saturated heterocycles. The average molecular weight is 253 g/mol. The number of nitrogens with one attached hydrogen (secondary N) is 1. The third kappa shape index (κ3) is 2.17. The van der Waals surface area contributed by atoms with Gasteiger partial charge in [0.1, 0.15) is 11.7 Å². The van der Waals surface area contributed by atoms with Crippen molar-refractivity contribution in [2.75, 3.05) is 7.11 Å². The number of thiazole rings is 1. The maximum absolute atomic E-state index is 5.62. The quantitative estimate of drug-likeness (QED) is 0.612. The zero-order valence-corrected chi connectivity index (χ0v) is 10.6. The lowest BCUT2D eigenvalue weighted by molar-refractivity contribution is 0.398. The molecule has 0 aliphatic rings.